The predicted molar refractivity (Wildman–Crippen MR) is 89.5 cm³/mol. The van der Waals surface area contributed by atoms with E-state index >= 15 is 0 Å². The summed E-state index contributed by atoms with van der Waals surface area (Å²) >= 11 is 0. The molecule has 0 aliphatic rings. The number of rotatable bonds is 7. The number of alkyl carbamates (subject to hydrolysis) is 1. The van der Waals surface area contributed by atoms with Crippen LogP contribution in [0.1, 0.15) is 29.3 Å². The summed E-state index contributed by atoms with van der Waals surface area (Å²) in [7, 11) is 0. The van der Waals surface area contributed by atoms with E-state index in [0.717, 1.165) is 17.7 Å². The van der Waals surface area contributed by atoms with Gasteiger partial charge in [0, 0.05) is 12.7 Å². The Kier molecular flexibility index (Phi) is 7.14. The molecule has 3 N–H and O–H groups in total. The van der Waals surface area contributed by atoms with Gasteiger partial charge in [0.25, 0.3) is 0 Å². The van der Waals surface area contributed by atoms with Crippen LogP contribution in [0.4, 0.5) is 18.0 Å². The third-order valence-electron chi connectivity index (χ3n) is 3.70. The van der Waals surface area contributed by atoms with E-state index in [9.17, 15) is 28.2 Å². The summed E-state index contributed by atoms with van der Waals surface area (Å²) in [6.45, 7) is 0.0970. The minimum absolute atomic E-state index is 0.00643. The van der Waals surface area contributed by atoms with Gasteiger partial charge in [0.1, 0.15) is 12.7 Å². The Bertz CT molecular complexity index is 724. The Morgan fingerprint density at radius 3 is 2.44 bits per heavy atom. The number of ether oxygens (including phenoxy) is 1. The molecular weight excluding hydrogens is 365 g/mol. The average Bonchev–Trinajstić information content (AvgIpc) is 2.66. The average molecular weight is 384 g/mol. The van der Waals surface area contributed by atoms with Crippen molar-refractivity contribution in [3.63, 3.8) is 0 Å². The number of aliphatic hydroxyl groups is 2. The SMILES string of the molecule is O=C(NCCC(O)C(O)c1ccc(C(F)(F)F)cn1)OCc1ccccc1. The number of halogens is 3. The highest BCUT2D eigenvalue weighted by atomic mass is 19.4. The van der Waals surface area contributed by atoms with E-state index < -0.39 is 30.0 Å². The second-order valence-electron chi connectivity index (χ2n) is 5.76. The number of alkyl halides is 3. The normalized spacial score (nSPS) is 13.7. The minimum Gasteiger partial charge on any atom is -0.445 e. The number of hydrogen-bond acceptors (Lipinski definition) is 5. The minimum atomic E-state index is -4.53. The van der Waals surface area contributed by atoms with Crippen molar-refractivity contribution in [1.29, 1.82) is 0 Å². The summed E-state index contributed by atoms with van der Waals surface area (Å²) < 4.78 is 42.5. The number of amides is 1. The van der Waals surface area contributed by atoms with Crippen molar-refractivity contribution >= 4 is 6.09 Å². The Hall–Kier alpha value is -2.65. The van der Waals surface area contributed by atoms with E-state index in [2.05, 4.69) is 10.3 Å². The summed E-state index contributed by atoms with van der Waals surface area (Å²) in [4.78, 5) is 15.1. The van der Waals surface area contributed by atoms with Crippen LogP contribution in [0.5, 0.6) is 0 Å². The molecular formula is C18H19F3N2O4. The first-order chi connectivity index (χ1) is 12.8. The zero-order chi connectivity index (χ0) is 19.9. The van der Waals surface area contributed by atoms with Crippen molar-refractivity contribution in [3.05, 3.63) is 65.5 Å². The van der Waals surface area contributed by atoms with Gasteiger partial charge in [-0.2, -0.15) is 13.2 Å². The molecule has 6 nitrogen and oxygen atoms in total. The Labute approximate surface area is 153 Å². The van der Waals surface area contributed by atoms with Gasteiger partial charge in [0.15, 0.2) is 0 Å². The van der Waals surface area contributed by atoms with Crippen molar-refractivity contribution in [3.8, 4) is 0 Å². The molecule has 2 atom stereocenters. The molecule has 1 heterocycles. The van der Waals surface area contributed by atoms with Crippen LogP contribution in [-0.2, 0) is 17.5 Å². The highest BCUT2D eigenvalue weighted by Gasteiger charge is 2.31. The number of benzene rings is 1. The van der Waals surface area contributed by atoms with Crippen LogP contribution in [0, 0.1) is 0 Å². The number of aromatic nitrogens is 1. The third kappa shape index (κ3) is 6.54. The van der Waals surface area contributed by atoms with Gasteiger partial charge < -0.3 is 20.3 Å². The molecule has 0 fully saturated rings. The maximum absolute atomic E-state index is 12.5. The van der Waals surface area contributed by atoms with E-state index in [1.165, 1.54) is 0 Å². The quantitative estimate of drug-likeness (QED) is 0.683. The van der Waals surface area contributed by atoms with Crippen molar-refractivity contribution in [2.45, 2.75) is 31.4 Å². The van der Waals surface area contributed by atoms with E-state index in [1.54, 1.807) is 12.1 Å². The molecule has 146 valence electrons. The first-order valence-electron chi connectivity index (χ1n) is 8.11. The highest BCUT2D eigenvalue weighted by molar-refractivity contribution is 5.67. The van der Waals surface area contributed by atoms with Crippen LogP contribution >= 0.6 is 0 Å². The first-order valence-corrected chi connectivity index (χ1v) is 8.11. The number of nitrogens with one attached hydrogen (secondary N) is 1. The number of carbonyl (C=O) groups is 1. The fraction of sp³-hybridized carbons (Fsp3) is 0.333. The van der Waals surface area contributed by atoms with Crippen molar-refractivity contribution < 1.29 is 32.9 Å². The molecule has 2 aromatic rings. The van der Waals surface area contributed by atoms with Crippen LogP contribution in [0.15, 0.2) is 48.7 Å². The summed E-state index contributed by atoms with van der Waals surface area (Å²) in [6.07, 6.45) is -7.46. The topological polar surface area (TPSA) is 91.7 Å². The zero-order valence-corrected chi connectivity index (χ0v) is 14.2. The van der Waals surface area contributed by atoms with Gasteiger partial charge in [0.05, 0.1) is 17.4 Å². The lowest BCUT2D eigenvalue weighted by atomic mass is 10.1. The van der Waals surface area contributed by atoms with Gasteiger partial charge in [0.2, 0.25) is 0 Å². The van der Waals surface area contributed by atoms with Crippen LogP contribution in [0.2, 0.25) is 0 Å². The number of aliphatic hydroxyl groups excluding tert-OH is 2. The lowest BCUT2D eigenvalue weighted by Gasteiger charge is -2.18. The van der Waals surface area contributed by atoms with Gasteiger partial charge in [-0.1, -0.05) is 30.3 Å². The Morgan fingerprint density at radius 1 is 1.15 bits per heavy atom. The number of hydrogen-bond donors (Lipinski definition) is 3. The fourth-order valence-electron chi connectivity index (χ4n) is 2.20. The fourth-order valence-corrected chi connectivity index (χ4v) is 2.20. The van der Waals surface area contributed by atoms with Crippen molar-refractivity contribution in [2.24, 2.45) is 0 Å². The monoisotopic (exact) mass is 384 g/mol. The van der Waals surface area contributed by atoms with Crippen LogP contribution in [0.3, 0.4) is 0 Å². The predicted octanol–water partition coefficient (Wildman–Crippen LogP) is 2.81. The van der Waals surface area contributed by atoms with Crippen LogP contribution < -0.4 is 5.32 Å². The second-order valence-corrected chi connectivity index (χ2v) is 5.76. The lowest BCUT2D eigenvalue weighted by molar-refractivity contribution is -0.137. The first kappa shape index (κ1) is 20.7. The Morgan fingerprint density at radius 2 is 1.85 bits per heavy atom. The molecule has 1 aromatic heterocycles. The number of pyridine rings is 1. The van der Waals surface area contributed by atoms with E-state index in [4.69, 9.17) is 4.74 Å². The Balaban J connectivity index is 1.74. The molecule has 1 amide bonds. The molecule has 2 unspecified atom stereocenters. The third-order valence-corrected chi connectivity index (χ3v) is 3.70. The maximum atomic E-state index is 12.5. The summed E-state index contributed by atoms with van der Waals surface area (Å²) in [5.41, 5.74) is -0.227. The lowest BCUT2D eigenvalue weighted by Crippen LogP contribution is -2.30. The van der Waals surface area contributed by atoms with Gasteiger partial charge in [-0.15, -0.1) is 0 Å². The molecule has 0 saturated heterocycles. The molecule has 0 aliphatic heterocycles. The molecule has 0 aliphatic carbocycles. The van der Waals surface area contributed by atoms with Crippen LogP contribution in [-0.4, -0.2) is 33.9 Å². The van der Waals surface area contributed by atoms with E-state index in [0.29, 0.717) is 6.20 Å². The van der Waals surface area contributed by atoms with E-state index in [-0.39, 0.29) is 25.3 Å². The summed E-state index contributed by atoms with van der Waals surface area (Å²) in [6, 6.07) is 10.8. The van der Waals surface area contributed by atoms with Crippen LogP contribution in [0.25, 0.3) is 0 Å². The molecule has 9 heteroatoms. The summed E-state index contributed by atoms with van der Waals surface area (Å²) in [5, 5.41) is 22.3. The number of nitrogens with zero attached hydrogens (tertiary/aromatic N) is 1. The number of carbonyl (C=O) groups excluding carboxylic acids is 1. The summed E-state index contributed by atoms with van der Waals surface area (Å²) in [5.74, 6) is 0. The van der Waals surface area contributed by atoms with Gasteiger partial charge >= 0.3 is 12.3 Å². The van der Waals surface area contributed by atoms with Crippen molar-refractivity contribution in [1.82, 2.24) is 10.3 Å². The second kappa shape index (κ2) is 9.33. The van der Waals surface area contributed by atoms with Crippen molar-refractivity contribution in [2.75, 3.05) is 6.54 Å². The molecule has 0 bridgehead atoms. The molecule has 0 saturated carbocycles. The molecule has 1 aromatic carbocycles. The standard InChI is InChI=1S/C18H19F3N2O4/c19-18(20,21)13-6-7-14(23-10-13)16(25)15(24)8-9-22-17(26)27-11-12-4-2-1-3-5-12/h1-7,10,15-16,24-25H,8-9,11H2,(H,22,26). The molecule has 27 heavy (non-hydrogen) atoms. The van der Waals surface area contributed by atoms with Gasteiger partial charge in [-0.05, 0) is 24.1 Å². The molecule has 2 rings (SSSR count). The molecule has 0 spiro atoms. The zero-order valence-electron chi connectivity index (χ0n) is 14.2. The maximum Gasteiger partial charge on any atom is 0.417 e. The van der Waals surface area contributed by atoms with Gasteiger partial charge in [-0.25, -0.2) is 4.79 Å². The highest BCUT2D eigenvalue weighted by Crippen LogP contribution is 2.29. The molecule has 0 radical (unpaired) electrons. The van der Waals surface area contributed by atoms with Gasteiger partial charge in [-0.3, -0.25) is 4.98 Å². The largest absolute Gasteiger partial charge is 0.445 e. The smallest absolute Gasteiger partial charge is 0.417 e. The van der Waals surface area contributed by atoms with E-state index in [1.807, 2.05) is 18.2 Å².